The van der Waals surface area contributed by atoms with Gasteiger partial charge in [-0.1, -0.05) is 0 Å². The van der Waals surface area contributed by atoms with Crippen LogP contribution in [0.1, 0.15) is 12.8 Å². The van der Waals surface area contributed by atoms with Crippen molar-refractivity contribution in [1.82, 2.24) is 10.2 Å². The lowest BCUT2D eigenvalue weighted by molar-refractivity contribution is 0.267. The van der Waals surface area contributed by atoms with Gasteiger partial charge in [0, 0.05) is 25.4 Å². The molecule has 2 rings (SSSR count). The Kier molecular flexibility index (Phi) is 1.11. The zero-order valence-corrected chi connectivity index (χ0v) is 5.30. The molecule has 9 heavy (non-hydrogen) atoms. The first-order valence-electron chi connectivity index (χ1n) is 3.39. The van der Waals surface area contributed by atoms with Gasteiger partial charge in [0.05, 0.1) is 0 Å². The average Bonchev–Trinajstić information content (AvgIpc) is 2.33. The molecule has 1 atom stereocenters. The molecule has 2 aliphatic heterocycles. The maximum absolute atomic E-state index is 3.33. The van der Waals surface area contributed by atoms with E-state index >= 15 is 0 Å². The normalized spacial score (nSPS) is 32.0. The van der Waals surface area contributed by atoms with E-state index < -0.39 is 0 Å². The number of nitrogens with zero attached hydrogens (tertiary/aromatic N) is 1. The van der Waals surface area contributed by atoms with Gasteiger partial charge >= 0.3 is 0 Å². The van der Waals surface area contributed by atoms with Crippen molar-refractivity contribution in [3.63, 3.8) is 0 Å². The van der Waals surface area contributed by atoms with Crippen LogP contribution >= 0.6 is 0 Å². The summed E-state index contributed by atoms with van der Waals surface area (Å²) < 4.78 is 0. The second kappa shape index (κ2) is 1.94. The molecule has 0 aromatic rings. The highest BCUT2D eigenvalue weighted by molar-refractivity contribution is 5.02. The molecular weight excluding hydrogens is 112 g/mol. The lowest BCUT2D eigenvalue weighted by atomic mass is 10.1. The van der Waals surface area contributed by atoms with Crippen LogP contribution in [0.2, 0.25) is 0 Å². The summed E-state index contributed by atoms with van der Waals surface area (Å²) in [5, 5.41) is 3.19. The molecular formula is C7H10N2. The molecule has 2 radical (unpaired) electrons. The van der Waals surface area contributed by atoms with Gasteiger partial charge in [-0.05, 0) is 12.8 Å². The Hall–Kier alpha value is -0.660. The number of hydrogen-bond donors (Lipinski definition) is 1. The third-order valence-electron chi connectivity index (χ3n) is 1.78. The quantitative estimate of drug-likeness (QED) is 0.505. The molecule has 1 fully saturated rings. The molecule has 2 aliphatic rings. The number of nitrogens with one attached hydrogen (secondary N) is 1. The molecule has 2 heterocycles. The van der Waals surface area contributed by atoms with Gasteiger partial charge in [-0.3, -0.25) is 0 Å². The Morgan fingerprint density at radius 1 is 1.67 bits per heavy atom. The fourth-order valence-corrected chi connectivity index (χ4v) is 1.29. The van der Waals surface area contributed by atoms with Gasteiger partial charge in [-0.25, -0.2) is 0 Å². The van der Waals surface area contributed by atoms with Crippen molar-refractivity contribution in [1.29, 1.82) is 0 Å². The summed E-state index contributed by atoms with van der Waals surface area (Å²) in [6.45, 7) is 1.18. The first-order valence-corrected chi connectivity index (χ1v) is 3.39. The van der Waals surface area contributed by atoms with E-state index in [-0.39, 0.29) is 0 Å². The van der Waals surface area contributed by atoms with E-state index in [4.69, 9.17) is 0 Å². The summed E-state index contributed by atoms with van der Waals surface area (Å²) in [4.78, 5) is 2.27. The smallest absolute Gasteiger partial charge is 0.105 e. The van der Waals surface area contributed by atoms with Crippen LogP contribution in [-0.2, 0) is 0 Å². The van der Waals surface area contributed by atoms with Crippen LogP contribution in [0, 0.1) is 6.42 Å². The summed E-state index contributed by atoms with van der Waals surface area (Å²) in [7, 11) is 0. The minimum absolute atomic E-state index is 0.388. The van der Waals surface area contributed by atoms with Crippen LogP contribution in [0.25, 0.3) is 0 Å². The van der Waals surface area contributed by atoms with Crippen molar-refractivity contribution in [3.05, 3.63) is 18.8 Å². The molecule has 0 aromatic heterocycles. The van der Waals surface area contributed by atoms with Crippen molar-refractivity contribution < 1.29 is 0 Å². The van der Waals surface area contributed by atoms with Gasteiger partial charge in [0.1, 0.15) is 6.17 Å². The summed E-state index contributed by atoms with van der Waals surface area (Å²) in [5.74, 6) is 0. The molecule has 1 N–H and O–H groups in total. The summed E-state index contributed by atoms with van der Waals surface area (Å²) in [6, 6.07) is 0. The van der Waals surface area contributed by atoms with Crippen LogP contribution in [0.15, 0.2) is 12.4 Å². The van der Waals surface area contributed by atoms with Gasteiger partial charge in [-0.15, -0.1) is 0 Å². The molecule has 0 saturated carbocycles. The molecule has 0 spiro atoms. The largest absolute Gasteiger partial charge is 0.370 e. The maximum Gasteiger partial charge on any atom is 0.105 e. The van der Waals surface area contributed by atoms with Crippen molar-refractivity contribution in [2.45, 2.75) is 19.0 Å². The fourth-order valence-electron chi connectivity index (χ4n) is 1.29. The predicted octanol–water partition coefficient (Wildman–Crippen LogP) is 0.564. The van der Waals surface area contributed by atoms with E-state index in [0.29, 0.717) is 6.17 Å². The minimum atomic E-state index is 0.388. The maximum atomic E-state index is 3.33. The Morgan fingerprint density at radius 3 is 3.56 bits per heavy atom. The second-order valence-corrected chi connectivity index (χ2v) is 2.43. The summed E-state index contributed by atoms with van der Waals surface area (Å²) in [6.07, 6.45) is 10.2. The van der Waals surface area contributed by atoms with E-state index in [1.807, 2.05) is 6.20 Å². The van der Waals surface area contributed by atoms with E-state index in [9.17, 15) is 0 Å². The Morgan fingerprint density at radius 2 is 2.67 bits per heavy atom. The first kappa shape index (κ1) is 5.15. The minimum Gasteiger partial charge on any atom is -0.370 e. The number of rotatable bonds is 0. The molecule has 2 heteroatoms. The third kappa shape index (κ3) is 0.784. The van der Waals surface area contributed by atoms with Gasteiger partial charge in [0.2, 0.25) is 0 Å². The van der Waals surface area contributed by atoms with E-state index in [0.717, 1.165) is 6.42 Å². The van der Waals surface area contributed by atoms with Gasteiger partial charge in [0.25, 0.3) is 0 Å². The lowest BCUT2D eigenvalue weighted by Gasteiger charge is -2.29. The molecule has 0 aliphatic carbocycles. The Labute approximate surface area is 55.5 Å². The Balaban J connectivity index is 2.03. The molecule has 0 amide bonds. The van der Waals surface area contributed by atoms with E-state index in [1.54, 1.807) is 0 Å². The SMILES string of the molecule is [C]1CCCN2C=CNC12. The monoisotopic (exact) mass is 122 g/mol. The average molecular weight is 122 g/mol. The number of fused-ring (bicyclic) bond motifs is 1. The van der Waals surface area contributed by atoms with E-state index in [1.165, 1.54) is 13.0 Å². The molecule has 0 bridgehead atoms. The molecule has 2 nitrogen and oxygen atoms in total. The topological polar surface area (TPSA) is 15.3 Å². The van der Waals surface area contributed by atoms with Crippen molar-refractivity contribution in [2.24, 2.45) is 0 Å². The van der Waals surface area contributed by atoms with Crippen LogP contribution in [0.5, 0.6) is 0 Å². The van der Waals surface area contributed by atoms with Crippen molar-refractivity contribution >= 4 is 0 Å². The van der Waals surface area contributed by atoms with Gasteiger partial charge in [0.15, 0.2) is 0 Å². The summed E-state index contributed by atoms with van der Waals surface area (Å²) >= 11 is 0. The summed E-state index contributed by atoms with van der Waals surface area (Å²) in [5.41, 5.74) is 0. The van der Waals surface area contributed by atoms with Gasteiger partial charge < -0.3 is 10.2 Å². The third-order valence-corrected chi connectivity index (χ3v) is 1.78. The Bertz CT molecular complexity index is 131. The molecule has 0 aromatic carbocycles. The van der Waals surface area contributed by atoms with Gasteiger partial charge in [-0.2, -0.15) is 0 Å². The van der Waals surface area contributed by atoms with Crippen molar-refractivity contribution in [2.75, 3.05) is 6.54 Å². The first-order chi connectivity index (χ1) is 4.47. The lowest BCUT2D eigenvalue weighted by Crippen LogP contribution is -2.39. The molecule has 1 saturated heterocycles. The van der Waals surface area contributed by atoms with Crippen LogP contribution < -0.4 is 5.32 Å². The zero-order valence-electron chi connectivity index (χ0n) is 5.30. The number of piperidine rings is 1. The van der Waals surface area contributed by atoms with Crippen LogP contribution in [-0.4, -0.2) is 17.6 Å². The van der Waals surface area contributed by atoms with Crippen LogP contribution in [0.4, 0.5) is 0 Å². The highest BCUT2D eigenvalue weighted by atomic mass is 15.3. The fraction of sp³-hybridized carbons (Fsp3) is 0.571. The second-order valence-electron chi connectivity index (χ2n) is 2.43. The van der Waals surface area contributed by atoms with Crippen LogP contribution in [0.3, 0.4) is 0 Å². The molecule has 1 unspecified atom stereocenters. The zero-order chi connectivity index (χ0) is 6.10. The predicted molar refractivity (Wildman–Crippen MR) is 35.2 cm³/mol. The van der Waals surface area contributed by atoms with E-state index in [2.05, 4.69) is 22.8 Å². The highest BCUT2D eigenvalue weighted by Gasteiger charge is 2.21. The molecule has 48 valence electrons. The van der Waals surface area contributed by atoms with Crippen molar-refractivity contribution in [3.8, 4) is 0 Å². The standard InChI is InChI=1S/C7H10N2/c1-2-5-9-6-4-8-7(9)3-1/h4,6-8H,1-2,5H2. The highest BCUT2D eigenvalue weighted by Crippen LogP contribution is 2.16. The number of hydrogen-bond acceptors (Lipinski definition) is 2.